The second kappa shape index (κ2) is 14.2. The quantitative estimate of drug-likeness (QED) is 0.150. The minimum absolute atomic E-state index is 0.0461. The SMILES string of the molecule is CC(C)(C)C(=O)Nc1ccc(CC(NC2CCOc3c(C(=O)N[C@@H](Cc4ccc(Cl)cc4)C(N)=O)cccc32)c2cnc[nH]2)cc1. The van der Waals surface area contributed by atoms with Crippen molar-refractivity contribution in [3.63, 3.8) is 0 Å². The average molecular weight is 643 g/mol. The van der Waals surface area contributed by atoms with E-state index >= 15 is 0 Å². The van der Waals surface area contributed by atoms with Crippen molar-refractivity contribution in [1.29, 1.82) is 0 Å². The summed E-state index contributed by atoms with van der Waals surface area (Å²) in [6.45, 7) is 6.03. The van der Waals surface area contributed by atoms with Crippen molar-refractivity contribution in [2.75, 3.05) is 11.9 Å². The van der Waals surface area contributed by atoms with Gasteiger partial charge in [0.25, 0.3) is 5.91 Å². The number of nitrogens with one attached hydrogen (secondary N) is 4. The Bertz CT molecular complexity index is 1670. The van der Waals surface area contributed by atoms with Gasteiger partial charge in [-0.3, -0.25) is 14.4 Å². The number of primary amides is 1. The molecule has 0 spiro atoms. The number of hydrogen-bond acceptors (Lipinski definition) is 6. The predicted molar refractivity (Wildman–Crippen MR) is 178 cm³/mol. The van der Waals surface area contributed by atoms with Gasteiger partial charge in [-0.2, -0.15) is 0 Å². The molecule has 11 heteroatoms. The van der Waals surface area contributed by atoms with E-state index < -0.39 is 23.3 Å². The van der Waals surface area contributed by atoms with Crippen LogP contribution in [0.25, 0.3) is 0 Å². The Labute approximate surface area is 273 Å². The Hall–Kier alpha value is -4.67. The lowest BCUT2D eigenvalue weighted by molar-refractivity contribution is -0.123. The molecule has 240 valence electrons. The van der Waals surface area contributed by atoms with Crippen molar-refractivity contribution in [2.24, 2.45) is 11.1 Å². The second-order valence-corrected chi connectivity index (χ2v) is 12.9. The highest BCUT2D eigenvalue weighted by Gasteiger charge is 2.30. The standard InChI is InChI=1S/C35H39ClN6O4/c1-35(2,3)34(45)40-24-13-9-22(10-14-24)17-28(30-19-38-20-39-30)41-27-15-16-46-31-25(27)5-4-6-26(31)33(44)42-29(32(37)43)18-21-7-11-23(36)12-8-21/h4-14,19-20,27-29,41H,15-18H2,1-3H3,(H2,37,43)(H,38,39)(H,40,45)(H,42,44)/t27?,28?,29-/m0/s1. The summed E-state index contributed by atoms with van der Waals surface area (Å²) >= 11 is 5.99. The highest BCUT2D eigenvalue weighted by atomic mass is 35.5. The van der Waals surface area contributed by atoms with Crippen molar-refractivity contribution < 1.29 is 19.1 Å². The maximum absolute atomic E-state index is 13.5. The molecule has 0 fully saturated rings. The van der Waals surface area contributed by atoms with E-state index in [1.54, 1.807) is 42.9 Å². The monoisotopic (exact) mass is 642 g/mol. The van der Waals surface area contributed by atoms with Gasteiger partial charge in [0.05, 0.1) is 30.2 Å². The van der Waals surface area contributed by atoms with Crippen molar-refractivity contribution in [1.82, 2.24) is 20.6 Å². The third-order valence-electron chi connectivity index (χ3n) is 7.95. The van der Waals surface area contributed by atoms with E-state index in [-0.39, 0.29) is 24.4 Å². The van der Waals surface area contributed by atoms with Crippen LogP contribution in [0.15, 0.2) is 79.3 Å². The van der Waals surface area contributed by atoms with E-state index in [1.807, 2.05) is 57.2 Å². The van der Waals surface area contributed by atoms with E-state index in [2.05, 4.69) is 25.9 Å². The number of nitrogens with two attached hydrogens (primary N) is 1. The zero-order chi connectivity index (χ0) is 32.8. The zero-order valence-electron chi connectivity index (χ0n) is 26.1. The van der Waals surface area contributed by atoms with Gasteiger partial charge < -0.3 is 31.4 Å². The number of carbonyl (C=O) groups excluding carboxylic acids is 3. The van der Waals surface area contributed by atoms with Gasteiger partial charge in [0, 0.05) is 46.8 Å². The lowest BCUT2D eigenvalue weighted by Gasteiger charge is -2.31. The van der Waals surface area contributed by atoms with Gasteiger partial charge in [-0.15, -0.1) is 0 Å². The lowest BCUT2D eigenvalue weighted by Crippen LogP contribution is -2.46. The Balaban J connectivity index is 1.32. The zero-order valence-corrected chi connectivity index (χ0v) is 26.9. The molecular formula is C35H39ClN6O4. The number of halogens is 1. The van der Waals surface area contributed by atoms with E-state index in [0.29, 0.717) is 35.8 Å². The Morgan fingerprint density at radius 1 is 1.02 bits per heavy atom. The fraction of sp³-hybridized carbons (Fsp3) is 0.314. The second-order valence-electron chi connectivity index (χ2n) is 12.5. The molecule has 0 radical (unpaired) electrons. The molecule has 0 saturated heterocycles. The average Bonchev–Trinajstić information content (AvgIpc) is 3.57. The minimum atomic E-state index is -0.917. The van der Waals surface area contributed by atoms with Crippen molar-refractivity contribution in [2.45, 2.75) is 58.2 Å². The number of aromatic nitrogens is 2. The van der Waals surface area contributed by atoms with Crippen LogP contribution in [-0.2, 0) is 22.4 Å². The number of para-hydroxylation sites is 1. The first-order chi connectivity index (χ1) is 22.0. The molecule has 2 heterocycles. The van der Waals surface area contributed by atoms with Crippen molar-refractivity contribution in [3.8, 4) is 5.75 Å². The fourth-order valence-corrected chi connectivity index (χ4v) is 5.45. The summed E-state index contributed by atoms with van der Waals surface area (Å²) in [4.78, 5) is 45.7. The molecule has 10 nitrogen and oxygen atoms in total. The van der Waals surface area contributed by atoms with Crippen LogP contribution >= 0.6 is 11.6 Å². The van der Waals surface area contributed by atoms with Gasteiger partial charge >= 0.3 is 0 Å². The van der Waals surface area contributed by atoms with E-state index in [0.717, 1.165) is 28.1 Å². The summed E-state index contributed by atoms with van der Waals surface area (Å²) in [6, 6.07) is 19.1. The van der Waals surface area contributed by atoms with Gasteiger partial charge in [0.2, 0.25) is 11.8 Å². The van der Waals surface area contributed by atoms with E-state index in [9.17, 15) is 14.4 Å². The van der Waals surface area contributed by atoms with Crippen LogP contribution in [0, 0.1) is 5.41 Å². The van der Waals surface area contributed by atoms with Crippen LogP contribution in [0.1, 0.15) is 72.0 Å². The number of aromatic amines is 1. The smallest absolute Gasteiger partial charge is 0.255 e. The number of hydrogen-bond donors (Lipinski definition) is 5. The number of imidazole rings is 1. The van der Waals surface area contributed by atoms with Crippen LogP contribution in [0.4, 0.5) is 5.69 Å². The maximum Gasteiger partial charge on any atom is 0.255 e. The summed E-state index contributed by atoms with van der Waals surface area (Å²) in [6.07, 6.45) is 5.00. The minimum Gasteiger partial charge on any atom is -0.492 e. The van der Waals surface area contributed by atoms with Crippen LogP contribution in [0.5, 0.6) is 5.75 Å². The van der Waals surface area contributed by atoms with Crippen LogP contribution in [-0.4, -0.2) is 40.3 Å². The predicted octanol–water partition coefficient (Wildman–Crippen LogP) is 5.27. The third kappa shape index (κ3) is 8.13. The van der Waals surface area contributed by atoms with Crippen molar-refractivity contribution in [3.05, 3.63) is 112 Å². The summed E-state index contributed by atoms with van der Waals surface area (Å²) < 4.78 is 6.05. The highest BCUT2D eigenvalue weighted by molar-refractivity contribution is 6.30. The number of nitrogens with zero attached hydrogens (tertiary/aromatic N) is 1. The number of fused-ring (bicyclic) bond motifs is 1. The molecule has 0 bridgehead atoms. The first-order valence-electron chi connectivity index (χ1n) is 15.2. The molecule has 46 heavy (non-hydrogen) atoms. The molecule has 1 aliphatic rings. The normalized spacial score (nSPS) is 15.6. The molecule has 3 amide bonds. The molecule has 3 atom stereocenters. The number of H-pyrrole nitrogens is 1. The number of amides is 3. The largest absolute Gasteiger partial charge is 0.492 e. The van der Waals surface area contributed by atoms with Crippen LogP contribution < -0.4 is 26.4 Å². The molecule has 5 rings (SSSR count). The van der Waals surface area contributed by atoms with E-state index in [1.165, 1.54) is 0 Å². The summed E-state index contributed by atoms with van der Waals surface area (Å²) in [5.74, 6) is -0.657. The number of carbonyl (C=O) groups is 3. The molecule has 4 aromatic rings. The third-order valence-corrected chi connectivity index (χ3v) is 8.20. The number of rotatable bonds is 11. The molecule has 1 aromatic heterocycles. The summed E-state index contributed by atoms with van der Waals surface area (Å²) in [7, 11) is 0. The van der Waals surface area contributed by atoms with Crippen molar-refractivity contribution >= 4 is 35.0 Å². The lowest BCUT2D eigenvalue weighted by atomic mass is 9.94. The first-order valence-corrected chi connectivity index (χ1v) is 15.6. The number of benzene rings is 3. The molecule has 0 saturated carbocycles. The molecule has 2 unspecified atom stereocenters. The summed E-state index contributed by atoms with van der Waals surface area (Å²) in [5, 5.41) is 10.1. The molecule has 0 aliphatic carbocycles. The molecule has 6 N–H and O–H groups in total. The highest BCUT2D eigenvalue weighted by Crippen LogP contribution is 2.37. The van der Waals surface area contributed by atoms with E-state index in [4.69, 9.17) is 22.1 Å². The topological polar surface area (TPSA) is 151 Å². The van der Waals surface area contributed by atoms with Gasteiger partial charge in [-0.1, -0.05) is 68.8 Å². The Morgan fingerprint density at radius 3 is 2.37 bits per heavy atom. The summed E-state index contributed by atoms with van der Waals surface area (Å²) in [5.41, 5.74) is 9.89. The Kier molecular flexibility index (Phi) is 10.1. The molecule has 1 aliphatic heterocycles. The van der Waals surface area contributed by atoms with Gasteiger partial charge in [0.15, 0.2) is 0 Å². The molecular weight excluding hydrogens is 604 g/mol. The fourth-order valence-electron chi connectivity index (χ4n) is 5.33. The molecule has 3 aromatic carbocycles. The first kappa shape index (κ1) is 32.7. The number of ether oxygens (including phenoxy) is 1. The van der Waals surface area contributed by atoms with Gasteiger partial charge in [-0.25, -0.2) is 4.98 Å². The van der Waals surface area contributed by atoms with Gasteiger partial charge in [0.1, 0.15) is 11.8 Å². The number of anilines is 1. The van der Waals surface area contributed by atoms with Gasteiger partial charge in [-0.05, 0) is 47.9 Å². The van der Waals surface area contributed by atoms with Crippen LogP contribution in [0.2, 0.25) is 5.02 Å². The Morgan fingerprint density at radius 2 is 1.72 bits per heavy atom. The van der Waals surface area contributed by atoms with Crippen LogP contribution in [0.3, 0.4) is 0 Å². The maximum atomic E-state index is 13.5.